The summed E-state index contributed by atoms with van der Waals surface area (Å²) in [5.74, 6) is -0.625. The van der Waals surface area contributed by atoms with E-state index in [1.54, 1.807) is 6.92 Å². The van der Waals surface area contributed by atoms with Crippen molar-refractivity contribution in [3.63, 3.8) is 0 Å². The molecular weight excluding hydrogens is 241 g/mol. The van der Waals surface area contributed by atoms with Gasteiger partial charge >= 0.3 is 12.1 Å². The summed E-state index contributed by atoms with van der Waals surface area (Å²) in [7, 11) is 0. The van der Waals surface area contributed by atoms with Crippen LogP contribution in [0.1, 0.15) is 23.0 Å². The lowest BCUT2D eigenvalue weighted by Gasteiger charge is -2.07. The highest BCUT2D eigenvalue weighted by atomic mass is 19.4. The summed E-state index contributed by atoms with van der Waals surface area (Å²) in [4.78, 5) is 11.3. The average molecular weight is 252 g/mol. The quantitative estimate of drug-likeness (QED) is 0.755. The van der Waals surface area contributed by atoms with Gasteiger partial charge in [0.1, 0.15) is 24.5 Å². The van der Waals surface area contributed by atoms with Gasteiger partial charge in [-0.25, -0.2) is 4.79 Å². The van der Waals surface area contributed by atoms with Gasteiger partial charge in [0, 0.05) is 0 Å². The van der Waals surface area contributed by atoms with Crippen LogP contribution >= 0.6 is 0 Å². The molecule has 0 spiro atoms. The molecule has 17 heavy (non-hydrogen) atoms. The molecule has 1 aromatic heterocycles. The third kappa shape index (κ3) is 4.48. The first-order valence-electron chi connectivity index (χ1n) is 4.82. The van der Waals surface area contributed by atoms with Gasteiger partial charge in [-0.15, -0.1) is 0 Å². The molecule has 1 rings (SSSR count). The van der Waals surface area contributed by atoms with Crippen LogP contribution in [0.4, 0.5) is 13.2 Å². The number of halogens is 3. The largest absolute Gasteiger partial charge is 0.466 e. The number of carbonyl (C=O) groups excluding carboxylic acids is 1. The second-order valence-corrected chi connectivity index (χ2v) is 3.09. The SMILES string of the molecule is CCOC(=O)c1ccoc1COCC(F)(F)F. The van der Waals surface area contributed by atoms with Crippen LogP contribution in [0.25, 0.3) is 0 Å². The van der Waals surface area contributed by atoms with Gasteiger partial charge in [-0.1, -0.05) is 0 Å². The number of hydrogen-bond acceptors (Lipinski definition) is 4. The summed E-state index contributed by atoms with van der Waals surface area (Å²) in [6.07, 6.45) is -3.21. The van der Waals surface area contributed by atoms with Crippen molar-refractivity contribution in [2.45, 2.75) is 19.7 Å². The molecule has 0 aliphatic rings. The van der Waals surface area contributed by atoms with Crippen molar-refractivity contribution in [1.82, 2.24) is 0 Å². The topological polar surface area (TPSA) is 48.7 Å². The number of alkyl halides is 3. The van der Waals surface area contributed by atoms with E-state index in [-0.39, 0.29) is 17.9 Å². The molecule has 0 N–H and O–H groups in total. The highest BCUT2D eigenvalue weighted by molar-refractivity contribution is 5.90. The van der Waals surface area contributed by atoms with Crippen LogP contribution in [0.15, 0.2) is 16.7 Å². The molecule has 0 bridgehead atoms. The normalized spacial score (nSPS) is 11.5. The molecule has 0 saturated heterocycles. The van der Waals surface area contributed by atoms with E-state index in [9.17, 15) is 18.0 Å². The summed E-state index contributed by atoms with van der Waals surface area (Å²) in [6, 6.07) is 1.32. The van der Waals surface area contributed by atoms with Crippen molar-refractivity contribution in [2.75, 3.05) is 13.2 Å². The Hall–Kier alpha value is -1.50. The van der Waals surface area contributed by atoms with E-state index in [0.717, 1.165) is 0 Å². The first-order valence-corrected chi connectivity index (χ1v) is 4.82. The smallest absolute Gasteiger partial charge is 0.411 e. The number of rotatable bonds is 5. The molecule has 4 nitrogen and oxygen atoms in total. The van der Waals surface area contributed by atoms with E-state index in [0.29, 0.717) is 0 Å². The second-order valence-electron chi connectivity index (χ2n) is 3.09. The van der Waals surface area contributed by atoms with Crippen LogP contribution in [-0.2, 0) is 16.1 Å². The third-order valence-electron chi connectivity index (χ3n) is 1.74. The van der Waals surface area contributed by atoms with Crippen LogP contribution in [-0.4, -0.2) is 25.4 Å². The zero-order valence-corrected chi connectivity index (χ0v) is 9.04. The van der Waals surface area contributed by atoms with Crippen LogP contribution < -0.4 is 0 Å². The van der Waals surface area contributed by atoms with Gasteiger partial charge in [-0.3, -0.25) is 0 Å². The minimum absolute atomic E-state index is 0.0210. The van der Waals surface area contributed by atoms with Gasteiger partial charge in [-0.05, 0) is 13.0 Å². The molecule has 7 heteroatoms. The summed E-state index contributed by atoms with van der Waals surface area (Å²) in [5, 5.41) is 0. The lowest BCUT2D eigenvalue weighted by atomic mass is 10.2. The Morgan fingerprint density at radius 2 is 2.18 bits per heavy atom. The van der Waals surface area contributed by atoms with E-state index < -0.39 is 25.4 Å². The van der Waals surface area contributed by atoms with E-state index in [1.165, 1.54) is 12.3 Å². The van der Waals surface area contributed by atoms with Gasteiger partial charge in [0.15, 0.2) is 0 Å². The standard InChI is InChI=1S/C10H11F3O4/c1-2-16-9(14)7-3-4-17-8(7)5-15-6-10(11,12)13/h3-4H,2,5-6H2,1H3. The fraction of sp³-hybridized carbons (Fsp3) is 0.500. The van der Waals surface area contributed by atoms with Crippen LogP contribution in [0, 0.1) is 0 Å². The molecule has 0 aromatic carbocycles. The summed E-state index contributed by atoms with van der Waals surface area (Å²) in [5.41, 5.74) is 0.0778. The second kappa shape index (κ2) is 5.72. The molecule has 0 saturated carbocycles. The van der Waals surface area contributed by atoms with Crippen LogP contribution in [0.5, 0.6) is 0 Å². The Balaban J connectivity index is 2.54. The number of carbonyl (C=O) groups is 1. The Labute approximate surface area is 95.3 Å². The summed E-state index contributed by atoms with van der Waals surface area (Å²) in [6.45, 7) is -0.0265. The lowest BCUT2D eigenvalue weighted by Crippen LogP contribution is -2.17. The van der Waals surface area contributed by atoms with Gasteiger partial charge < -0.3 is 13.9 Å². The van der Waals surface area contributed by atoms with E-state index in [1.807, 2.05) is 0 Å². The van der Waals surface area contributed by atoms with Gasteiger partial charge in [0.25, 0.3) is 0 Å². The number of furan rings is 1. The monoisotopic (exact) mass is 252 g/mol. The number of esters is 1. The summed E-state index contributed by atoms with van der Waals surface area (Å²) >= 11 is 0. The van der Waals surface area contributed by atoms with Crippen molar-refractivity contribution in [1.29, 1.82) is 0 Å². The molecule has 0 aliphatic heterocycles. The molecule has 96 valence electrons. The first-order chi connectivity index (χ1) is 7.94. The predicted octanol–water partition coefficient (Wildman–Crippen LogP) is 2.54. The maximum absolute atomic E-state index is 11.8. The lowest BCUT2D eigenvalue weighted by molar-refractivity contribution is -0.177. The molecule has 1 aromatic rings. The predicted molar refractivity (Wildman–Crippen MR) is 50.4 cm³/mol. The molecule has 1 heterocycles. The highest BCUT2D eigenvalue weighted by Crippen LogP contribution is 2.18. The molecular formula is C10H11F3O4. The Morgan fingerprint density at radius 1 is 1.47 bits per heavy atom. The van der Waals surface area contributed by atoms with Crippen LogP contribution in [0.2, 0.25) is 0 Å². The number of hydrogen-bond donors (Lipinski definition) is 0. The van der Waals surface area contributed by atoms with Crippen molar-refractivity contribution in [3.8, 4) is 0 Å². The van der Waals surface area contributed by atoms with Crippen molar-refractivity contribution >= 4 is 5.97 Å². The van der Waals surface area contributed by atoms with E-state index in [2.05, 4.69) is 4.74 Å². The average Bonchev–Trinajstić information content (AvgIpc) is 2.64. The minimum atomic E-state index is -4.41. The maximum atomic E-state index is 11.8. The van der Waals surface area contributed by atoms with Crippen molar-refractivity contribution < 1.29 is 31.9 Å². The third-order valence-corrected chi connectivity index (χ3v) is 1.74. The van der Waals surface area contributed by atoms with E-state index >= 15 is 0 Å². The molecule has 0 unspecified atom stereocenters. The Bertz CT molecular complexity index is 370. The van der Waals surface area contributed by atoms with Crippen LogP contribution in [0.3, 0.4) is 0 Å². The Morgan fingerprint density at radius 3 is 2.76 bits per heavy atom. The molecule has 0 atom stereocenters. The first kappa shape index (κ1) is 13.6. The zero-order valence-electron chi connectivity index (χ0n) is 9.04. The minimum Gasteiger partial charge on any atom is -0.466 e. The fourth-order valence-corrected chi connectivity index (χ4v) is 1.10. The van der Waals surface area contributed by atoms with Gasteiger partial charge in [0.2, 0.25) is 0 Å². The van der Waals surface area contributed by atoms with Crippen molar-refractivity contribution in [3.05, 3.63) is 23.7 Å². The number of ether oxygens (including phenoxy) is 2. The molecule has 0 radical (unpaired) electrons. The highest BCUT2D eigenvalue weighted by Gasteiger charge is 2.28. The summed E-state index contributed by atoms with van der Waals surface area (Å²) < 4.78 is 49.4. The molecule has 0 fully saturated rings. The maximum Gasteiger partial charge on any atom is 0.411 e. The van der Waals surface area contributed by atoms with Gasteiger partial charge in [0.05, 0.1) is 12.9 Å². The molecule has 0 aliphatic carbocycles. The van der Waals surface area contributed by atoms with E-state index in [4.69, 9.17) is 9.15 Å². The molecule has 0 amide bonds. The Kier molecular flexibility index (Phi) is 4.56. The van der Waals surface area contributed by atoms with Gasteiger partial charge in [-0.2, -0.15) is 13.2 Å². The fourth-order valence-electron chi connectivity index (χ4n) is 1.10. The zero-order chi connectivity index (χ0) is 12.9. The van der Waals surface area contributed by atoms with Crippen molar-refractivity contribution in [2.24, 2.45) is 0 Å².